The summed E-state index contributed by atoms with van der Waals surface area (Å²) in [5.41, 5.74) is -0.512. The van der Waals surface area contributed by atoms with Crippen LogP contribution < -0.4 is 5.32 Å². The SMILES string of the molecule is Cl.Fc1cc(CN2CCC3NCCC3C2)cc(C(F)(F)F)c1. The van der Waals surface area contributed by atoms with Gasteiger partial charge in [-0.1, -0.05) is 0 Å². The topological polar surface area (TPSA) is 15.3 Å². The molecule has 2 heterocycles. The van der Waals surface area contributed by atoms with E-state index in [1.807, 2.05) is 0 Å². The lowest BCUT2D eigenvalue weighted by atomic mass is 9.93. The Hall–Kier alpha value is -0.850. The molecule has 124 valence electrons. The average molecular weight is 339 g/mol. The van der Waals surface area contributed by atoms with Gasteiger partial charge in [-0.25, -0.2) is 4.39 Å². The summed E-state index contributed by atoms with van der Waals surface area (Å²) in [6.45, 7) is 3.10. The van der Waals surface area contributed by atoms with Crippen LogP contribution in [0.3, 0.4) is 0 Å². The Balaban J connectivity index is 0.00000176. The van der Waals surface area contributed by atoms with E-state index >= 15 is 0 Å². The minimum Gasteiger partial charge on any atom is -0.314 e. The lowest BCUT2D eigenvalue weighted by Crippen LogP contribution is -2.43. The standard InChI is InChI=1S/C15H18F4N2.ClH/c16-13-6-10(5-12(7-13)15(17,18)19)8-21-4-2-14-11(9-21)1-3-20-14;/h5-7,11,14,20H,1-4,8-9H2;1H. The molecule has 22 heavy (non-hydrogen) atoms. The third kappa shape index (κ3) is 3.91. The summed E-state index contributed by atoms with van der Waals surface area (Å²) in [6, 6.07) is 3.35. The van der Waals surface area contributed by atoms with Gasteiger partial charge in [0.15, 0.2) is 0 Å². The minimum absolute atomic E-state index is 0. The van der Waals surface area contributed by atoms with E-state index in [-0.39, 0.29) is 12.4 Å². The van der Waals surface area contributed by atoms with Crippen molar-refractivity contribution < 1.29 is 17.6 Å². The van der Waals surface area contributed by atoms with Crippen LogP contribution in [0.15, 0.2) is 18.2 Å². The van der Waals surface area contributed by atoms with Gasteiger partial charge in [0.2, 0.25) is 0 Å². The van der Waals surface area contributed by atoms with E-state index in [9.17, 15) is 17.6 Å². The van der Waals surface area contributed by atoms with Crippen LogP contribution in [-0.4, -0.2) is 30.6 Å². The van der Waals surface area contributed by atoms with Crippen molar-refractivity contribution in [2.75, 3.05) is 19.6 Å². The third-order valence-corrected chi connectivity index (χ3v) is 4.43. The lowest BCUT2D eigenvalue weighted by Gasteiger charge is -2.34. The lowest BCUT2D eigenvalue weighted by molar-refractivity contribution is -0.137. The predicted octanol–water partition coefficient (Wildman–Crippen LogP) is 3.45. The highest BCUT2D eigenvalue weighted by atomic mass is 35.5. The molecule has 2 nitrogen and oxygen atoms in total. The molecule has 2 saturated heterocycles. The molecule has 1 N–H and O–H groups in total. The van der Waals surface area contributed by atoms with Crippen LogP contribution in [0, 0.1) is 11.7 Å². The third-order valence-electron chi connectivity index (χ3n) is 4.43. The van der Waals surface area contributed by atoms with Gasteiger partial charge in [-0.05, 0) is 55.6 Å². The highest BCUT2D eigenvalue weighted by Crippen LogP contribution is 2.31. The zero-order valence-corrected chi connectivity index (χ0v) is 12.8. The number of benzene rings is 1. The van der Waals surface area contributed by atoms with Gasteiger partial charge in [0.1, 0.15) is 5.82 Å². The van der Waals surface area contributed by atoms with Gasteiger partial charge in [0, 0.05) is 19.1 Å². The summed E-state index contributed by atoms with van der Waals surface area (Å²) in [7, 11) is 0. The molecule has 0 saturated carbocycles. The number of halogens is 5. The molecule has 0 radical (unpaired) electrons. The largest absolute Gasteiger partial charge is 0.416 e. The molecule has 7 heteroatoms. The fraction of sp³-hybridized carbons (Fsp3) is 0.600. The molecule has 1 aromatic carbocycles. The van der Waals surface area contributed by atoms with Crippen LogP contribution in [0.25, 0.3) is 0 Å². The van der Waals surface area contributed by atoms with Gasteiger partial charge in [-0.3, -0.25) is 4.90 Å². The first-order valence-electron chi connectivity index (χ1n) is 7.24. The molecule has 2 atom stereocenters. The van der Waals surface area contributed by atoms with E-state index in [1.54, 1.807) is 0 Å². The Morgan fingerprint density at radius 1 is 1.18 bits per heavy atom. The highest BCUT2D eigenvalue weighted by Gasteiger charge is 2.34. The van der Waals surface area contributed by atoms with E-state index < -0.39 is 17.6 Å². The molecular formula is C15H19ClF4N2. The maximum Gasteiger partial charge on any atom is 0.416 e. The zero-order chi connectivity index (χ0) is 15.0. The molecule has 2 aliphatic heterocycles. The van der Waals surface area contributed by atoms with Crippen LogP contribution in [0.4, 0.5) is 17.6 Å². The van der Waals surface area contributed by atoms with Crippen molar-refractivity contribution in [2.45, 2.75) is 31.6 Å². The second kappa shape index (κ2) is 6.72. The summed E-state index contributed by atoms with van der Waals surface area (Å²) >= 11 is 0. The van der Waals surface area contributed by atoms with Crippen molar-refractivity contribution in [1.29, 1.82) is 0 Å². The van der Waals surface area contributed by atoms with Crippen molar-refractivity contribution in [3.63, 3.8) is 0 Å². The number of nitrogens with zero attached hydrogens (tertiary/aromatic N) is 1. The number of hydrogen-bond donors (Lipinski definition) is 1. The van der Waals surface area contributed by atoms with Crippen molar-refractivity contribution >= 4 is 12.4 Å². The number of hydrogen-bond acceptors (Lipinski definition) is 2. The molecule has 2 unspecified atom stereocenters. The van der Waals surface area contributed by atoms with Gasteiger partial charge < -0.3 is 5.32 Å². The molecule has 2 fully saturated rings. The van der Waals surface area contributed by atoms with Gasteiger partial charge >= 0.3 is 6.18 Å². The second-order valence-corrected chi connectivity index (χ2v) is 5.98. The second-order valence-electron chi connectivity index (χ2n) is 5.98. The Morgan fingerprint density at radius 3 is 2.68 bits per heavy atom. The molecule has 1 aromatic rings. The molecule has 2 aliphatic rings. The van der Waals surface area contributed by atoms with Crippen molar-refractivity contribution in [2.24, 2.45) is 5.92 Å². The number of nitrogens with one attached hydrogen (secondary N) is 1. The van der Waals surface area contributed by atoms with Gasteiger partial charge in [-0.2, -0.15) is 13.2 Å². The molecule has 0 aliphatic carbocycles. The maximum absolute atomic E-state index is 13.4. The number of rotatable bonds is 2. The van der Waals surface area contributed by atoms with Crippen LogP contribution >= 0.6 is 12.4 Å². The van der Waals surface area contributed by atoms with E-state index in [4.69, 9.17) is 0 Å². The first-order valence-corrected chi connectivity index (χ1v) is 7.24. The maximum atomic E-state index is 13.4. The van der Waals surface area contributed by atoms with E-state index in [0.29, 0.717) is 30.1 Å². The summed E-state index contributed by atoms with van der Waals surface area (Å²) in [5, 5.41) is 3.45. The van der Waals surface area contributed by atoms with E-state index in [2.05, 4.69) is 10.2 Å². The first kappa shape index (κ1) is 17.5. The number of alkyl halides is 3. The van der Waals surface area contributed by atoms with Crippen LogP contribution in [0.5, 0.6) is 0 Å². The van der Waals surface area contributed by atoms with Crippen LogP contribution in [0.1, 0.15) is 24.0 Å². The normalized spacial score (nSPS) is 25.6. The Morgan fingerprint density at radius 2 is 1.95 bits per heavy atom. The highest BCUT2D eigenvalue weighted by molar-refractivity contribution is 5.85. The summed E-state index contributed by atoms with van der Waals surface area (Å²) in [4.78, 5) is 2.13. The van der Waals surface area contributed by atoms with E-state index in [0.717, 1.165) is 38.5 Å². The van der Waals surface area contributed by atoms with E-state index in [1.165, 1.54) is 6.07 Å². The first-order chi connectivity index (χ1) is 9.91. The molecule has 0 amide bonds. The van der Waals surface area contributed by atoms with Gasteiger partial charge in [0.05, 0.1) is 5.56 Å². The average Bonchev–Trinajstić information content (AvgIpc) is 2.84. The molecular weight excluding hydrogens is 320 g/mol. The Kier molecular flexibility index (Phi) is 5.35. The quantitative estimate of drug-likeness (QED) is 0.831. The summed E-state index contributed by atoms with van der Waals surface area (Å²) in [6.07, 6.45) is -2.39. The van der Waals surface area contributed by atoms with Gasteiger partial charge in [-0.15, -0.1) is 12.4 Å². The molecule has 0 spiro atoms. The van der Waals surface area contributed by atoms with Crippen molar-refractivity contribution in [1.82, 2.24) is 10.2 Å². The van der Waals surface area contributed by atoms with Gasteiger partial charge in [0.25, 0.3) is 0 Å². The summed E-state index contributed by atoms with van der Waals surface area (Å²) < 4.78 is 51.5. The van der Waals surface area contributed by atoms with Crippen LogP contribution in [0.2, 0.25) is 0 Å². The Labute approximate surface area is 133 Å². The number of fused-ring (bicyclic) bond motifs is 1. The summed E-state index contributed by atoms with van der Waals surface area (Å²) in [5.74, 6) is -0.258. The molecule has 0 aromatic heterocycles. The number of piperidine rings is 1. The Bertz CT molecular complexity index is 521. The van der Waals surface area contributed by atoms with Crippen LogP contribution in [-0.2, 0) is 12.7 Å². The molecule has 3 rings (SSSR count). The fourth-order valence-corrected chi connectivity index (χ4v) is 3.43. The fourth-order valence-electron chi connectivity index (χ4n) is 3.43. The van der Waals surface area contributed by atoms with Crippen molar-refractivity contribution in [3.05, 3.63) is 35.1 Å². The molecule has 0 bridgehead atoms. The monoisotopic (exact) mass is 338 g/mol. The number of likely N-dealkylation sites (tertiary alicyclic amines) is 1. The predicted molar refractivity (Wildman–Crippen MR) is 78.4 cm³/mol. The minimum atomic E-state index is -4.50. The smallest absolute Gasteiger partial charge is 0.314 e. The zero-order valence-electron chi connectivity index (χ0n) is 12.0. The van der Waals surface area contributed by atoms with Crippen molar-refractivity contribution in [3.8, 4) is 0 Å².